The van der Waals surface area contributed by atoms with E-state index in [-0.39, 0.29) is 11.3 Å². The molecule has 21 heavy (non-hydrogen) atoms. The van der Waals surface area contributed by atoms with Gasteiger partial charge in [-0.05, 0) is 24.3 Å². The van der Waals surface area contributed by atoms with Gasteiger partial charge in [0.1, 0.15) is 11.7 Å². The molecule has 0 saturated carbocycles. The van der Waals surface area contributed by atoms with Crippen molar-refractivity contribution in [3.63, 3.8) is 0 Å². The molecule has 1 unspecified atom stereocenters. The molecule has 1 aliphatic rings. The van der Waals surface area contributed by atoms with Crippen LogP contribution >= 0.6 is 0 Å². The number of hydrogen-bond acceptors (Lipinski definition) is 4. The third kappa shape index (κ3) is 2.81. The maximum atomic E-state index is 12.6. The van der Waals surface area contributed by atoms with Crippen LogP contribution in [0.4, 0.5) is 0 Å². The summed E-state index contributed by atoms with van der Waals surface area (Å²) in [6.07, 6.45) is 1.49. The predicted octanol–water partition coefficient (Wildman–Crippen LogP) is 0.496. The van der Waals surface area contributed by atoms with Crippen molar-refractivity contribution in [2.75, 3.05) is 6.54 Å². The molecule has 2 heterocycles. The lowest BCUT2D eigenvalue weighted by Crippen LogP contribution is -2.56. The molecule has 0 aliphatic carbocycles. The van der Waals surface area contributed by atoms with Gasteiger partial charge >= 0.3 is 5.97 Å². The zero-order valence-electron chi connectivity index (χ0n) is 12.4. The molecule has 1 aliphatic heterocycles. The number of aryl methyl sites for hydroxylation is 1. The molecule has 0 radical (unpaired) electrons. The number of carbonyl (C=O) groups is 2. The standard InChI is InChI=1S/C14H19N3O4/c1-14(2)7-4-8-17(11(14)13(20)21)12(19)9-5-6-10(18)16(3)15-9/h5-6,11H,4,7-8H2,1-3H3,(H,20,21). The Bertz CT molecular complexity index is 635. The third-order valence-electron chi connectivity index (χ3n) is 3.95. The quantitative estimate of drug-likeness (QED) is 0.857. The molecule has 0 spiro atoms. The lowest BCUT2D eigenvalue weighted by atomic mass is 9.76. The molecular formula is C14H19N3O4. The molecule has 1 atom stereocenters. The van der Waals surface area contributed by atoms with E-state index in [9.17, 15) is 19.5 Å². The number of likely N-dealkylation sites (tertiary alicyclic amines) is 1. The van der Waals surface area contributed by atoms with Crippen LogP contribution in [0.1, 0.15) is 37.2 Å². The Morgan fingerprint density at radius 1 is 1.38 bits per heavy atom. The third-order valence-corrected chi connectivity index (χ3v) is 3.95. The van der Waals surface area contributed by atoms with E-state index in [0.717, 1.165) is 17.5 Å². The summed E-state index contributed by atoms with van der Waals surface area (Å²) in [5.74, 6) is -1.47. The molecule has 7 heteroatoms. The molecular weight excluding hydrogens is 274 g/mol. The van der Waals surface area contributed by atoms with Gasteiger partial charge in [-0.1, -0.05) is 13.8 Å². The Labute approximate surface area is 122 Å². The minimum absolute atomic E-state index is 0.0843. The van der Waals surface area contributed by atoms with Crippen LogP contribution in [-0.2, 0) is 11.8 Å². The highest BCUT2D eigenvalue weighted by molar-refractivity contribution is 5.95. The number of piperidine rings is 1. The van der Waals surface area contributed by atoms with Crippen LogP contribution in [0.25, 0.3) is 0 Å². The maximum Gasteiger partial charge on any atom is 0.326 e. The summed E-state index contributed by atoms with van der Waals surface area (Å²) in [6, 6.07) is 1.70. The van der Waals surface area contributed by atoms with Gasteiger partial charge in [-0.2, -0.15) is 5.10 Å². The number of aliphatic carboxylic acids is 1. The number of hydrogen-bond donors (Lipinski definition) is 1. The fourth-order valence-electron chi connectivity index (χ4n) is 2.84. The average molecular weight is 293 g/mol. The zero-order chi connectivity index (χ0) is 15.8. The Morgan fingerprint density at radius 2 is 2.05 bits per heavy atom. The molecule has 1 saturated heterocycles. The van der Waals surface area contributed by atoms with Crippen molar-refractivity contribution in [3.05, 3.63) is 28.2 Å². The Balaban J connectivity index is 2.38. The van der Waals surface area contributed by atoms with E-state index in [2.05, 4.69) is 5.10 Å². The van der Waals surface area contributed by atoms with Gasteiger partial charge in [-0.15, -0.1) is 0 Å². The average Bonchev–Trinajstić information content (AvgIpc) is 2.39. The highest BCUT2D eigenvalue weighted by atomic mass is 16.4. The molecule has 1 aromatic rings. The van der Waals surface area contributed by atoms with Gasteiger partial charge in [-0.3, -0.25) is 9.59 Å². The summed E-state index contributed by atoms with van der Waals surface area (Å²) in [6.45, 7) is 4.07. The first-order chi connectivity index (χ1) is 9.74. The van der Waals surface area contributed by atoms with Gasteiger partial charge < -0.3 is 10.0 Å². The number of amides is 1. The summed E-state index contributed by atoms with van der Waals surface area (Å²) < 4.78 is 1.07. The molecule has 7 nitrogen and oxygen atoms in total. The van der Waals surface area contributed by atoms with Crippen molar-refractivity contribution in [1.29, 1.82) is 0 Å². The van der Waals surface area contributed by atoms with Crippen LogP contribution < -0.4 is 5.56 Å². The summed E-state index contributed by atoms with van der Waals surface area (Å²) in [5, 5.41) is 13.4. The van der Waals surface area contributed by atoms with Crippen LogP contribution in [0, 0.1) is 5.41 Å². The summed E-state index contributed by atoms with van der Waals surface area (Å²) >= 11 is 0. The van der Waals surface area contributed by atoms with Gasteiger partial charge in [0, 0.05) is 19.7 Å². The monoisotopic (exact) mass is 293 g/mol. The van der Waals surface area contributed by atoms with Crippen molar-refractivity contribution in [3.8, 4) is 0 Å². The minimum Gasteiger partial charge on any atom is -0.480 e. The van der Waals surface area contributed by atoms with E-state index in [0.29, 0.717) is 6.54 Å². The lowest BCUT2D eigenvalue weighted by molar-refractivity contribution is -0.148. The highest BCUT2D eigenvalue weighted by Crippen LogP contribution is 2.35. The Hall–Kier alpha value is -2.18. The number of carboxylic acids is 1. The largest absolute Gasteiger partial charge is 0.480 e. The molecule has 1 fully saturated rings. The fourth-order valence-corrected chi connectivity index (χ4v) is 2.84. The van der Waals surface area contributed by atoms with Crippen molar-refractivity contribution >= 4 is 11.9 Å². The molecule has 114 valence electrons. The van der Waals surface area contributed by atoms with Gasteiger partial charge in [0.2, 0.25) is 0 Å². The van der Waals surface area contributed by atoms with Crippen molar-refractivity contribution in [2.24, 2.45) is 12.5 Å². The second-order valence-electron chi connectivity index (χ2n) is 6.01. The van der Waals surface area contributed by atoms with Crippen LogP contribution in [0.15, 0.2) is 16.9 Å². The Morgan fingerprint density at radius 3 is 2.62 bits per heavy atom. The topological polar surface area (TPSA) is 92.5 Å². The normalized spacial score (nSPS) is 21.1. The minimum atomic E-state index is -1.02. The number of rotatable bonds is 2. The smallest absolute Gasteiger partial charge is 0.326 e. The van der Waals surface area contributed by atoms with Crippen LogP contribution in [0.3, 0.4) is 0 Å². The van der Waals surface area contributed by atoms with E-state index in [1.165, 1.54) is 24.1 Å². The molecule has 1 N–H and O–H groups in total. The summed E-state index contributed by atoms with van der Waals surface area (Å²) in [4.78, 5) is 36.8. The van der Waals surface area contributed by atoms with E-state index in [1.807, 2.05) is 13.8 Å². The van der Waals surface area contributed by atoms with Crippen LogP contribution in [0.5, 0.6) is 0 Å². The van der Waals surface area contributed by atoms with Crippen LogP contribution in [0.2, 0.25) is 0 Å². The number of carbonyl (C=O) groups excluding carboxylic acids is 1. The van der Waals surface area contributed by atoms with Gasteiger partial charge in [0.15, 0.2) is 0 Å². The number of carboxylic acid groups (broad SMARTS) is 1. The second-order valence-corrected chi connectivity index (χ2v) is 6.01. The van der Waals surface area contributed by atoms with Gasteiger partial charge in [-0.25, -0.2) is 9.48 Å². The van der Waals surface area contributed by atoms with E-state index in [1.54, 1.807) is 0 Å². The van der Waals surface area contributed by atoms with Crippen LogP contribution in [-0.4, -0.2) is 44.3 Å². The molecule has 1 aromatic heterocycles. The second kappa shape index (κ2) is 5.31. The zero-order valence-corrected chi connectivity index (χ0v) is 12.4. The lowest BCUT2D eigenvalue weighted by Gasteiger charge is -2.43. The van der Waals surface area contributed by atoms with Crippen molar-refractivity contribution in [1.82, 2.24) is 14.7 Å². The van der Waals surface area contributed by atoms with Gasteiger partial charge in [0.05, 0.1) is 0 Å². The highest BCUT2D eigenvalue weighted by Gasteiger charge is 2.44. The predicted molar refractivity (Wildman–Crippen MR) is 75.0 cm³/mol. The summed E-state index contributed by atoms with van der Waals surface area (Å²) in [5.41, 5.74) is -0.734. The summed E-state index contributed by atoms with van der Waals surface area (Å²) in [7, 11) is 1.45. The van der Waals surface area contributed by atoms with E-state index in [4.69, 9.17) is 0 Å². The fraction of sp³-hybridized carbons (Fsp3) is 0.571. The van der Waals surface area contributed by atoms with Gasteiger partial charge in [0.25, 0.3) is 11.5 Å². The Kier molecular flexibility index (Phi) is 3.85. The van der Waals surface area contributed by atoms with Crippen molar-refractivity contribution in [2.45, 2.75) is 32.7 Å². The maximum absolute atomic E-state index is 12.6. The number of aromatic nitrogens is 2. The molecule has 2 rings (SSSR count). The first-order valence-electron chi connectivity index (χ1n) is 6.82. The molecule has 1 amide bonds. The first-order valence-corrected chi connectivity index (χ1v) is 6.82. The van der Waals surface area contributed by atoms with Crippen molar-refractivity contribution < 1.29 is 14.7 Å². The molecule has 0 bridgehead atoms. The first kappa shape index (κ1) is 15.2. The van der Waals surface area contributed by atoms with E-state index < -0.39 is 23.3 Å². The SMILES string of the molecule is Cn1nc(C(=O)N2CCCC(C)(C)C2C(=O)O)ccc1=O. The number of nitrogens with zero attached hydrogens (tertiary/aromatic N) is 3. The van der Waals surface area contributed by atoms with E-state index >= 15 is 0 Å². The molecule has 0 aromatic carbocycles.